The van der Waals surface area contributed by atoms with E-state index in [2.05, 4.69) is 25.8 Å². The first-order chi connectivity index (χ1) is 7.27. The molecule has 0 amide bonds. The summed E-state index contributed by atoms with van der Waals surface area (Å²) in [5.41, 5.74) is 1.10. The monoisotopic (exact) mass is 207 g/mol. The SMILES string of the molecule is CCCCc1ncccc1OC(C)CC. The molecule has 0 fully saturated rings. The van der Waals surface area contributed by atoms with Crippen molar-refractivity contribution in [2.24, 2.45) is 0 Å². The van der Waals surface area contributed by atoms with Crippen molar-refractivity contribution < 1.29 is 4.74 Å². The van der Waals surface area contributed by atoms with Crippen LogP contribution < -0.4 is 4.74 Å². The van der Waals surface area contributed by atoms with E-state index in [9.17, 15) is 0 Å². The van der Waals surface area contributed by atoms with E-state index in [0.717, 1.165) is 24.3 Å². The van der Waals surface area contributed by atoms with Crippen LogP contribution in [0.3, 0.4) is 0 Å². The first kappa shape index (κ1) is 12.0. The number of aromatic nitrogens is 1. The fraction of sp³-hybridized carbons (Fsp3) is 0.615. The van der Waals surface area contributed by atoms with Crippen molar-refractivity contribution in [2.45, 2.75) is 52.6 Å². The van der Waals surface area contributed by atoms with Gasteiger partial charge in [0, 0.05) is 6.20 Å². The molecule has 84 valence electrons. The highest BCUT2D eigenvalue weighted by molar-refractivity contribution is 5.27. The third-order valence-electron chi connectivity index (χ3n) is 2.52. The number of unbranched alkanes of at least 4 members (excludes halogenated alkanes) is 1. The molecular formula is C13H21NO. The third kappa shape index (κ3) is 3.90. The summed E-state index contributed by atoms with van der Waals surface area (Å²) in [6, 6.07) is 3.96. The highest BCUT2D eigenvalue weighted by Crippen LogP contribution is 2.19. The molecule has 1 aromatic heterocycles. The summed E-state index contributed by atoms with van der Waals surface area (Å²) in [5.74, 6) is 0.959. The predicted octanol–water partition coefficient (Wildman–Crippen LogP) is 3.60. The summed E-state index contributed by atoms with van der Waals surface area (Å²) in [6.45, 7) is 6.42. The molecule has 0 spiro atoms. The molecule has 0 saturated carbocycles. The fourth-order valence-electron chi connectivity index (χ4n) is 1.36. The lowest BCUT2D eigenvalue weighted by Crippen LogP contribution is -2.11. The van der Waals surface area contributed by atoms with E-state index >= 15 is 0 Å². The van der Waals surface area contributed by atoms with Crippen LogP contribution >= 0.6 is 0 Å². The summed E-state index contributed by atoms with van der Waals surface area (Å²) in [6.07, 6.45) is 6.53. The van der Waals surface area contributed by atoms with Gasteiger partial charge in [-0.3, -0.25) is 4.98 Å². The number of ether oxygens (including phenoxy) is 1. The maximum atomic E-state index is 5.83. The Bertz CT molecular complexity index is 286. The van der Waals surface area contributed by atoms with Crippen molar-refractivity contribution in [1.82, 2.24) is 4.98 Å². The van der Waals surface area contributed by atoms with Crippen LogP contribution in [0.15, 0.2) is 18.3 Å². The van der Waals surface area contributed by atoms with Crippen LogP contribution in [0.2, 0.25) is 0 Å². The van der Waals surface area contributed by atoms with Gasteiger partial charge in [-0.25, -0.2) is 0 Å². The van der Waals surface area contributed by atoms with E-state index in [0.29, 0.717) is 0 Å². The zero-order chi connectivity index (χ0) is 11.1. The molecular weight excluding hydrogens is 186 g/mol. The Labute approximate surface area is 92.7 Å². The molecule has 1 rings (SSSR count). The highest BCUT2D eigenvalue weighted by atomic mass is 16.5. The van der Waals surface area contributed by atoms with E-state index in [1.807, 2.05) is 18.3 Å². The molecule has 2 nitrogen and oxygen atoms in total. The number of rotatable bonds is 6. The summed E-state index contributed by atoms with van der Waals surface area (Å²) in [5, 5.41) is 0. The van der Waals surface area contributed by atoms with Crippen molar-refractivity contribution >= 4 is 0 Å². The Balaban J connectivity index is 2.67. The van der Waals surface area contributed by atoms with Crippen LogP contribution in [-0.2, 0) is 6.42 Å². The highest BCUT2D eigenvalue weighted by Gasteiger charge is 2.06. The lowest BCUT2D eigenvalue weighted by molar-refractivity contribution is 0.214. The van der Waals surface area contributed by atoms with Crippen LogP contribution in [0, 0.1) is 0 Å². The summed E-state index contributed by atoms with van der Waals surface area (Å²) in [7, 11) is 0. The van der Waals surface area contributed by atoms with E-state index < -0.39 is 0 Å². The van der Waals surface area contributed by atoms with Gasteiger partial charge >= 0.3 is 0 Å². The van der Waals surface area contributed by atoms with E-state index in [-0.39, 0.29) is 6.10 Å². The Morgan fingerprint density at radius 3 is 2.87 bits per heavy atom. The lowest BCUT2D eigenvalue weighted by atomic mass is 10.2. The molecule has 0 aliphatic carbocycles. The second-order valence-corrected chi connectivity index (χ2v) is 3.89. The van der Waals surface area contributed by atoms with E-state index in [1.165, 1.54) is 12.8 Å². The molecule has 0 bridgehead atoms. The van der Waals surface area contributed by atoms with Gasteiger partial charge in [-0.1, -0.05) is 20.3 Å². The van der Waals surface area contributed by atoms with Crippen LogP contribution in [0.5, 0.6) is 5.75 Å². The molecule has 2 heteroatoms. The molecule has 1 unspecified atom stereocenters. The predicted molar refractivity (Wildman–Crippen MR) is 63.2 cm³/mol. The minimum absolute atomic E-state index is 0.273. The first-order valence-corrected chi connectivity index (χ1v) is 5.88. The molecule has 0 saturated heterocycles. The topological polar surface area (TPSA) is 22.1 Å². The van der Waals surface area contributed by atoms with Gasteiger partial charge in [0.05, 0.1) is 11.8 Å². The van der Waals surface area contributed by atoms with Gasteiger partial charge in [0.15, 0.2) is 0 Å². The average molecular weight is 207 g/mol. The zero-order valence-corrected chi connectivity index (χ0v) is 9.99. The molecule has 1 aromatic rings. The summed E-state index contributed by atoms with van der Waals surface area (Å²) < 4.78 is 5.83. The third-order valence-corrected chi connectivity index (χ3v) is 2.52. The second kappa shape index (κ2) is 6.44. The molecule has 0 aliphatic heterocycles. The second-order valence-electron chi connectivity index (χ2n) is 3.89. The molecule has 0 N–H and O–H groups in total. The number of aryl methyl sites for hydroxylation is 1. The Morgan fingerprint density at radius 2 is 2.20 bits per heavy atom. The average Bonchev–Trinajstić information content (AvgIpc) is 2.28. The standard InChI is InChI=1S/C13H21NO/c1-4-6-8-12-13(9-7-10-14-12)15-11(3)5-2/h7,9-11H,4-6,8H2,1-3H3. The number of hydrogen-bond acceptors (Lipinski definition) is 2. The number of hydrogen-bond donors (Lipinski definition) is 0. The van der Waals surface area contributed by atoms with Crippen LogP contribution in [0.4, 0.5) is 0 Å². The number of nitrogens with zero attached hydrogens (tertiary/aromatic N) is 1. The van der Waals surface area contributed by atoms with E-state index in [4.69, 9.17) is 4.74 Å². The van der Waals surface area contributed by atoms with Gasteiger partial charge in [0.2, 0.25) is 0 Å². The summed E-state index contributed by atoms with van der Waals surface area (Å²) in [4.78, 5) is 4.38. The Morgan fingerprint density at radius 1 is 1.40 bits per heavy atom. The van der Waals surface area contributed by atoms with Crippen LogP contribution in [0.1, 0.15) is 45.7 Å². The normalized spacial score (nSPS) is 12.5. The van der Waals surface area contributed by atoms with Gasteiger partial charge in [-0.15, -0.1) is 0 Å². The Hall–Kier alpha value is -1.05. The fourth-order valence-corrected chi connectivity index (χ4v) is 1.36. The molecule has 1 heterocycles. The Kier molecular flexibility index (Phi) is 5.16. The lowest BCUT2D eigenvalue weighted by Gasteiger charge is -2.15. The maximum absolute atomic E-state index is 5.83. The molecule has 0 radical (unpaired) electrons. The molecule has 1 atom stereocenters. The minimum Gasteiger partial charge on any atom is -0.489 e. The largest absolute Gasteiger partial charge is 0.489 e. The molecule has 0 aliphatic rings. The van der Waals surface area contributed by atoms with Crippen molar-refractivity contribution in [3.05, 3.63) is 24.0 Å². The maximum Gasteiger partial charge on any atom is 0.141 e. The van der Waals surface area contributed by atoms with Gasteiger partial charge in [-0.05, 0) is 38.3 Å². The van der Waals surface area contributed by atoms with Gasteiger partial charge in [0.1, 0.15) is 5.75 Å². The van der Waals surface area contributed by atoms with Gasteiger partial charge in [0.25, 0.3) is 0 Å². The van der Waals surface area contributed by atoms with Crippen molar-refractivity contribution in [1.29, 1.82) is 0 Å². The van der Waals surface area contributed by atoms with Crippen molar-refractivity contribution in [3.63, 3.8) is 0 Å². The van der Waals surface area contributed by atoms with Gasteiger partial charge in [-0.2, -0.15) is 0 Å². The van der Waals surface area contributed by atoms with Crippen LogP contribution in [-0.4, -0.2) is 11.1 Å². The molecule has 0 aromatic carbocycles. The van der Waals surface area contributed by atoms with E-state index in [1.54, 1.807) is 0 Å². The summed E-state index contributed by atoms with van der Waals surface area (Å²) >= 11 is 0. The first-order valence-electron chi connectivity index (χ1n) is 5.88. The van der Waals surface area contributed by atoms with Gasteiger partial charge < -0.3 is 4.74 Å². The van der Waals surface area contributed by atoms with Crippen molar-refractivity contribution in [2.75, 3.05) is 0 Å². The quantitative estimate of drug-likeness (QED) is 0.711. The van der Waals surface area contributed by atoms with Crippen molar-refractivity contribution in [3.8, 4) is 5.75 Å². The minimum atomic E-state index is 0.273. The number of pyridine rings is 1. The molecule has 15 heavy (non-hydrogen) atoms. The van der Waals surface area contributed by atoms with Crippen LogP contribution in [0.25, 0.3) is 0 Å². The zero-order valence-electron chi connectivity index (χ0n) is 9.99. The smallest absolute Gasteiger partial charge is 0.141 e.